The number of halogens is 2. The van der Waals surface area contributed by atoms with Crippen molar-refractivity contribution in [3.05, 3.63) is 0 Å². The summed E-state index contributed by atoms with van der Waals surface area (Å²) in [5.41, 5.74) is 0. The number of alkyl halides is 1. The molecule has 0 atom stereocenters. The predicted molar refractivity (Wildman–Crippen MR) is 39.6 cm³/mol. The Morgan fingerprint density at radius 1 is 1.50 bits per heavy atom. The highest BCUT2D eigenvalue weighted by Gasteiger charge is 1.97. The van der Waals surface area contributed by atoms with Crippen molar-refractivity contribution in [1.82, 2.24) is 0 Å². The van der Waals surface area contributed by atoms with Gasteiger partial charge in [0.2, 0.25) is 0 Å². The van der Waals surface area contributed by atoms with E-state index in [-0.39, 0.29) is 13.2 Å². The summed E-state index contributed by atoms with van der Waals surface area (Å²) in [6.07, 6.45) is 0. The Labute approximate surface area is 79.8 Å². The molecule has 0 aliphatic carbocycles. The van der Waals surface area contributed by atoms with Gasteiger partial charge in [0.25, 0.3) is 10.5 Å². The Balaban J connectivity index is 0. The Morgan fingerprint density at radius 3 is 2.21 bits per heavy atom. The minimum atomic E-state index is -5.42. The molecule has 86 valence electrons. The van der Waals surface area contributed by atoms with Crippen molar-refractivity contribution in [3.63, 3.8) is 0 Å². The van der Waals surface area contributed by atoms with Gasteiger partial charge >= 0.3 is 5.97 Å². The van der Waals surface area contributed by atoms with Crippen LogP contribution in [0.2, 0.25) is 0 Å². The first-order valence-corrected chi connectivity index (χ1v) is 4.48. The molecule has 0 saturated carbocycles. The highest BCUT2D eigenvalue weighted by Crippen LogP contribution is 1.78. The van der Waals surface area contributed by atoms with Crippen LogP contribution in [0.1, 0.15) is 0 Å². The van der Waals surface area contributed by atoms with Gasteiger partial charge in [-0.2, -0.15) is 0 Å². The molecular weight excluding hydrogens is 226 g/mol. The molecule has 6 nitrogen and oxygen atoms in total. The number of ether oxygens (including phenoxy) is 2. The number of esters is 1. The van der Waals surface area contributed by atoms with E-state index >= 15 is 0 Å². The second-order valence-electron chi connectivity index (χ2n) is 1.71. The number of carbonyl (C=O) groups excluding carboxylic acids is 1. The lowest BCUT2D eigenvalue weighted by atomic mass is 10.7. The smallest absolute Gasteiger partial charge is 0.331 e. The van der Waals surface area contributed by atoms with E-state index < -0.39 is 23.1 Å². The molecule has 0 N–H and O–H groups in total. The van der Waals surface area contributed by atoms with Crippen molar-refractivity contribution in [3.8, 4) is 0 Å². The SMILES string of the molecule is COC(=O)COCCF.O=S(=O)([O-])F. The second kappa shape index (κ2) is 8.78. The molecule has 0 aliphatic rings. The lowest BCUT2D eigenvalue weighted by Crippen LogP contribution is -2.11. The molecular formula is C5H9F2O6S-. The van der Waals surface area contributed by atoms with E-state index in [9.17, 15) is 13.1 Å². The van der Waals surface area contributed by atoms with Crippen molar-refractivity contribution in [2.24, 2.45) is 0 Å². The average molecular weight is 235 g/mol. The second-order valence-corrected chi connectivity index (χ2v) is 2.50. The van der Waals surface area contributed by atoms with Crippen LogP contribution in [0.5, 0.6) is 0 Å². The molecule has 14 heavy (non-hydrogen) atoms. The molecule has 0 aromatic heterocycles. The van der Waals surface area contributed by atoms with E-state index in [4.69, 9.17) is 13.0 Å². The summed E-state index contributed by atoms with van der Waals surface area (Å²) in [6, 6.07) is 0. The van der Waals surface area contributed by atoms with Crippen LogP contribution < -0.4 is 0 Å². The Hall–Kier alpha value is -0.800. The first-order chi connectivity index (χ1) is 6.31. The van der Waals surface area contributed by atoms with Crippen LogP contribution in [-0.2, 0) is 24.8 Å². The largest absolute Gasteiger partial charge is 0.722 e. The van der Waals surface area contributed by atoms with Gasteiger partial charge in [0, 0.05) is 0 Å². The van der Waals surface area contributed by atoms with E-state index in [1.165, 1.54) is 7.11 Å². The van der Waals surface area contributed by atoms with Crippen molar-refractivity contribution >= 4 is 16.5 Å². The van der Waals surface area contributed by atoms with Crippen LogP contribution >= 0.6 is 0 Å². The van der Waals surface area contributed by atoms with Crippen LogP contribution in [0.25, 0.3) is 0 Å². The summed E-state index contributed by atoms with van der Waals surface area (Å²) in [7, 11) is -4.17. The van der Waals surface area contributed by atoms with Crippen molar-refractivity contribution in [2.45, 2.75) is 0 Å². The fraction of sp³-hybridized carbons (Fsp3) is 0.800. The van der Waals surface area contributed by atoms with Gasteiger partial charge in [-0.25, -0.2) is 17.6 Å². The third kappa shape index (κ3) is 30.3. The predicted octanol–water partition coefficient (Wildman–Crippen LogP) is -0.438. The maximum Gasteiger partial charge on any atom is 0.331 e. The van der Waals surface area contributed by atoms with E-state index in [2.05, 4.69) is 9.47 Å². The number of hydrogen-bond acceptors (Lipinski definition) is 6. The van der Waals surface area contributed by atoms with Crippen molar-refractivity contribution < 1.29 is 35.5 Å². The third-order valence-corrected chi connectivity index (χ3v) is 0.669. The van der Waals surface area contributed by atoms with E-state index in [0.29, 0.717) is 0 Å². The lowest BCUT2D eigenvalue weighted by molar-refractivity contribution is -0.145. The molecule has 0 heterocycles. The monoisotopic (exact) mass is 235 g/mol. The van der Waals surface area contributed by atoms with E-state index in [1.54, 1.807) is 0 Å². The first-order valence-electron chi connectivity index (χ1n) is 3.17. The average Bonchev–Trinajstić information content (AvgIpc) is 2.01. The molecule has 0 aliphatic heterocycles. The van der Waals surface area contributed by atoms with Crippen molar-refractivity contribution in [2.75, 3.05) is 27.0 Å². The van der Waals surface area contributed by atoms with Crippen molar-refractivity contribution in [1.29, 1.82) is 0 Å². The fourth-order valence-corrected chi connectivity index (χ4v) is 0.269. The van der Waals surface area contributed by atoms with Gasteiger partial charge in [0.05, 0.1) is 13.7 Å². The molecule has 0 radical (unpaired) electrons. The van der Waals surface area contributed by atoms with Crippen LogP contribution in [0.3, 0.4) is 0 Å². The maximum atomic E-state index is 11.3. The normalized spacial score (nSPS) is 10.0. The molecule has 0 unspecified atom stereocenters. The zero-order valence-electron chi connectivity index (χ0n) is 7.23. The van der Waals surface area contributed by atoms with E-state index in [1.807, 2.05) is 0 Å². The molecule has 0 amide bonds. The summed E-state index contributed by atoms with van der Waals surface area (Å²) in [5, 5.41) is 0. The minimum Gasteiger partial charge on any atom is -0.722 e. The van der Waals surface area contributed by atoms with Gasteiger partial charge in [-0.3, -0.25) is 0 Å². The third-order valence-electron chi connectivity index (χ3n) is 0.669. The zero-order valence-corrected chi connectivity index (χ0v) is 8.05. The molecule has 0 bridgehead atoms. The molecule has 0 aromatic carbocycles. The van der Waals surface area contributed by atoms with Gasteiger partial charge in [0.1, 0.15) is 13.3 Å². The summed E-state index contributed by atoms with van der Waals surface area (Å²) in [4.78, 5) is 10.2. The summed E-state index contributed by atoms with van der Waals surface area (Å²) in [5.74, 6) is -0.483. The van der Waals surface area contributed by atoms with Crippen LogP contribution in [0.15, 0.2) is 0 Å². The summed E-state index contributed by atoms with van der Waals surface area (Å²) < 4.78 is 55.3. The van der Waals surface area contributed by atoms with Crippen LogP contribution in [0, 0.1) is 0 Å². The highest BCUT2D eigenvalue weighted by molar-refractivity contribution is 7.80. The van der Waals surface area contributed by atoms with E-state index in [0.717, 1.165) is 0 Å². The summed E-state index contributed by atoms with van der Waals surface area (Å²) in [6.45, 7) is -0.785. The van der Waals surface area contributed by atoms with Gasteiger partial charge in [0.15, 0.2) is 0 Å². The molecule has 0 rings (SSSR count). The number of hydrogen-bond donors (Lipinski definition) is 0. The minimum absolute atomic E-state index is 0.0465. The number of carbonyl (C=O) groups is 1. The Bertz CT molecular complexity index is 231. The maximum absolute atomic E-state index is 11.3. The molecule has 0 saturated heterocycles. The van der Waals surface area contributed by atoms with Gasteiger partial charge in [-0.15, -0.1) is 3.89 Å². The van der Waals surface area contributed by atoms with Crippen LogP contribution in [-0.4, -0.2) is 45.9 Å². The first kappa shape index (κ1) is 15.7. The topological polar surface area (TPSA) is 92.7 Å². The standard InChI is InChI=1S/C5H9FO3.FHO3S/c1-8-5(7)4-9-3-2-6;1-5(2,3)4/h2-4H2,1H3;(H,2,3,4)/p-1. The Morgan fingerprint density at radius 2 is 1.93 bits per heavy atom. The van der Waals surface area contributed by atoms with Gasteiger partial charge in [-0.1, -0.05) is 0 Å². The fourth-order valence-electron chi connectivity index (χ4n) is 0.269. The lowest BCUT2D eigenvalue weighted by Gasteiger charge is -1.97. The zero-order chi connectivity index (χ0) is 11.6. The number of rotatable bonds is 4. The molecule has 0 aromatic rings. The summed E-state index contributed by atoms with van der Waals surface area (Å²) >= 11 is 0. The van der Waals surface area contributed by atoms with Crippen LogP contribution in [0.4, 0.5) is 8.28 Å². The van der Waals surface area contributed by atoms with Gasteiger partial charge in [-0.05, 0) is 0 Å². The molecule has 9 heteroatoms. The highest BCUT2D eigenvalue weighted by atomic mass is 32.3. The number of methoxy groups -OCH3 is 1. The molecule has 0 fully saturated rings. The molecule has 0 spiro atoms. The Kier molecular flexibility index (Phi) is 9.83. The quantitative estimate of drug-likeness (QED) is 0.284. The van der Waals surface area contributed by atoms with Gasteiger partial charge < -0.3 is 14.0 Å².